The second-order valence-corrected chi connectivity index (χ2v) is 3.57. The summed E-state index contributed by atoms with van der Waals surface area (Å²) < 4.78 is 5.29. The van der Waals surface area contributed by atoms with E-state index in [-0.39, 0.29) is 0 Å². The van der Waals surface area contributed by atoms with E-state index < -0.39 is 0 Å². The largest absolute Gasteiger partial charge is 0.508 e. The van der Waals surface area contributed by atoms with Crippen molar-refractivity contribution in [1.29, 1.82) is 0 Å². The van der Waals surface area contributed by atoms with Crippen LogP contribution in [-0.2, 0) is 4.74 Å². The van der Waals surface area contributed by atoms with E-state index in [4.69, 9.17) is 4.74 Å². The highest BCUT2D eigenvalue weighted by molar-refractivity contribution is 5.55. The topological polar surface area (TPSA) is 32.7 Å². The summed E-state index contributed by atoms with van der Waals surface area (Å²) in [6, 6.07) is 5.50. The van der Waals surface area contributed by atoms with Crippen molar-refractivity contribution in [3.05, 3.63) is 23.8 Å². The van der Waals surface area contributed by atoms with Crippen molar-refractivity contribution < 1.29 is 9.84 Å². The number of nitrogens with zero attached hydrogens (tertiary/aromatic N) is 1. The molecule has 76 valence electrons. The van der Waals surface area contributed by atoms with Crippen molar-refractivity contribution >= 4 is 5.69 Å². The summed E-state index contributed by atoms with van der Waals surface area (Å²) >= 11 is 0. The first kappa shape index (κ1) is 9.34. The minimum Gasteiger partial charge on any atom is -0.508 e. The van der Waals surface area contributed by atoms with Gasteiger partial charge in [-0.25, -0.2) is 0 Å². The highest BCUT2D eigenvalue weighted by Gasteiger charge is 2.12. The molecule has 0 aliphatic carbocycles. The van der Waals surface area contributed by atoms with Crippen LogP contribution in [0.1, 0.15) is 5.56 Å². The maximum Gasteiger partial charge on any atom is 0.115 e. The number of benzene rings is 1. The Kier molecular flexibility index (Phi) is 2.59. The van der Waals surface area contributed by atoms with Gasteiger partial charge >= 0.3 is 0 Å². The van der Waals surface area contributed by atoms with Gasteiger partial charge in [0.2, 0.25) is 0 Å². The van der Waals surface area contributed by atoms with Gasteiger partial charge in [-0.2, -0.15) is 0 Å². The monoisotopic (exact) mass is 193 g/mol. The lowest BCUT2D eigenvalue weighted by molar-refractivity contribution is 0.122. The van der Waals surface area contributed by atoms with Crippen LogP contribution in [0.15, 0.2) is 18.2 Å². The quantitative estimate of drug-likeness (QED) is 0.734. The first-order valence-corrected chi connectivity index (χ1v) is 4.90. The molecule has 1 fully saturated rings. The van der Waals surface area contributed by atoms with E-state index in [1.54, 1.807) is 12.1 Å². The van der Waals surface area contributed by atoms with Crippen LogP contribution in [0.4, 0.5) is 5.69 Å². The van der Waals surface area contributed by atoms with Crippen LogP contribution in [0.3, 0.4) is 0 Å². The molecule has 1 aliphatic heterocycles. The third kappa shape index (κ3) is 1.82. The Morgan fingerprint density at radius 3 is 2.64 bits per heavy atom. The number of aromatic hydroxyl groups is 1. The van der Waals surface area contributed by atoms with Crippen LogP contribution >= 0.6 is 0 Å². The van der Waals surface area contributed by atoms with Crippen LogP contribution in [0.5, 0.6) is 5.75 Å². The van der Waals surface area contributed by atoms with Crippen molar-refractivity contribution in [2.24, 2.45) is 0 Å². The number of ether oxygens (including phenoxy) is 1. The van der Waals surface area contributed by atoms with Crippen molar-refractivity contribution in [1.82, 2.24) is 0 Å². The van der Waals surface area contributed by atoms with Gasteiger partial charge in [0.1, 0.15) is 5.75 Å². The van der Waals surface area contributed by atoms with E-state index in [2.05, 4.69) is 4.90 Å². The summed E-state index contributed by atoms with van der Waals surface area (Å²) in [5.74, 6) is 0.333. The molecule has 0 radical (unpaired) electrons. The minimum atomic E-state index is 0.333. The summed E-state index contributed by atoms with van der Waals surface area (Å²) in [7, 11) is 0. The highest BCUT2D eigenvalue weighted by Crippen LogP contribution is 2.24. The summed E-state index contributed by atoms with van der Waals surface area (Å²) in [5.41, 5.74) is 2.32. The predicted octanol–water partition coefficient (Wildman–Crippen LogP) is 1.54. The number of anilines is 1. The first-order chi connectivity index (χ1) is 6.77. The average molecular weight is 193 g/mol. The molecule has 1 heterocycles. The molecule has 1 aromatic rings. The Labute approximate surface area is 83.9 Å². The third-order valence-corrected chi connectivity index (χ3v) is 2.53. The molecular weight excluding hydrogens is 178 g/mol. The molecule has 0 unspecified atom stereocenters. The molecule has 0 atom stereocenters. The molecule has 0 saturated carbocycles. The van der Waals surface area contributed by atoms with Gasteiger partial charge in [0.05, 0.1) is 13.2 Å². The molecule has 1 N–H and O–H groups in total. The van der Waals surface area contributed by atoms with Crippen molar-refractivity contribution in [3.8, 4) is 5.75 Å². The first-order valence-electron chi connectivity index (χ1n) is 4.90. The van der Waals surface area contributed by atoms with Crippen LogP contribution in [0, 0.1) is 6.92 Å². The van der Waals surface area contributed by atoms with Gasteiger partial charge in [-0.3, -0.25) is 0 Å². The lowest BCUT2D eigenvalue weighted by atomic mass is 10.1. The average Bonchev–Trinajstić information content (AvgIpc) is 2.19. The van der Waals surface area contributed by atoms with E-state index in [1.165, 1.54) is 5.69 Å². The fraction of sp³-hybridized carbons (Fsp3) is 0.455. The standard InChI is InChI=1S/C11H15NO2/c1-9-8-10(13)2-3-11(9)12-4-6-14-7-5-12/h2-3,8,13H,4-7H2,1H3. The van der Waals surface area contributed by atoms with Crippen molar-refractivity contribution in [3.63, 3.8) is 0 Å². The smallest absolute Gasteiger partial charge is 0.115 e. The van der Waals surface area contributed by atoms with E-state index in [1.807, 2.05) is 13.0 Å². The number of aryl methyl sites for hydroxylation is 1. The second-order valence-electron chi connectivity index (χ2n) is 3.57. The maximum atomic E-state index is 9.29. The normalized spacial score (nSPS) is 17.1. The number of rotatable bonds is 1. The molecule has 0 spiro atoms. The Hall–Kier alpha value is -1.22. The molecule has 0 amide bonds. The third-order valence-electron chi connectivity index (χ3n) is 2.53. The fourth-order valence-corrected chi connectivity index (χ4v) is 1.80. The molecule has 0 bridgehead atoms. The Balaban J connectivity index is 2.22. The maximum absolute atomic E-state index is 9.29. The molecule has 0 aromatic heterocycles. The van der Waals surface area contributed by atoms with Crippen molar-refractivity contribution in [2.75, 3.05) is 31.2 Å². The van der Waals surface area contributed by atoms with E-state index in [0.29, 0.717) is 5.75 Å². The van der Waals surface area contributed by atoms with Gasteiger partial charge in [0.25, 0.3) is 0 Å². The number of phenols is 1. The second kappa shape index (κ2) is 3.88. The summed E-state index contributed by atoms with van der Waals surface area (Å²) in [6.07, 6.45) is 0. The lowest BCUT2D eigenvalue weighted by Gasteiger charge is -2.30. The SMILES string of the molecule is Cc1cc(O)ccc1N1CCOCC1. The zero-order valence-corrected chi connectivity index (χ0v) is 8.36. The molecule has 1 saturated heterocycles. The zero-order chi connectivity index (χ0) is 9.97. The van der Waals surface area contributed by atoms with Crippen molar-refractivity contribution in [2.45, 2.75) is 6.92 Å². The van der Waals surface area contributed by atoms with Crippen LogP contribution in [-0.4, -0.2) is 31.4 Å². The Bertz CT molecular complexity index is 319. The summed E-state index contributed by atoms with van der Waals surface area (Å²) in [4.78, 5) is 2.29. The highest BCUT2D eigenvalue weighted by atomic mass is 16.5. The van der Waals surface area contributed by atoms with E-state index in [0.717, 1.165) is 31.9 Å². The van der Waals surface area contributed by atoms with E-state index in [9.17, 15) is 5.11 Å². The number of hydrogen-bond acceptors (Lipinski definition) is 3. The molecule has 2 rings (SSSR count). The number of hydrogen-bond donors (Lipinski definition) is 1. The van der Waals surface area contributed by atoms with Gasteiger partial charge in [-0.1, -0.05) is 0 Å². The van der Waals surface area contributed by atoms with Gasteiger partial charge in [0, 0.05) is 18.8 Å². The minimum absolute atomic E-state index is 0.333. The molecular formula is C11H15NO2. The van der Waals surface area contributed by atoms with Crippen LogP contribution in [0.2, 0.25) is 0 Å². The number of phenolic OH excluding ortho intramolecular Hbond substituents is 1. The van der Waals surface area contributed by atoms with Gasteiger partial charge in [0.15, 0.2) is 0 Å². The zero-order valence-electron chi connectivity index (χ0n) is 8.36. The Morgan fingerprint density at radius 1 is 1.29 bits per heavy atom. The van der Waals surface area contributed by atoms with Crippen LogP contribution < -0.4 is 4.90 Å². The predicted molar refractivity (Wildman–Crippen MR) is 55.9 cm³/mol. The molecule has 3 nitrogen and oxygen atoms in total. The molecule has 1 aliphatic rings. The van der Waals surface area contributed by atoms with Gasteiger partial charge < -0.3 is 14.7 Å². The summed E-state index contributed by atoms with van der Waals surface area (Å²) in [5, 5.41) is 9.29. The van der Waals surface area contributed by atoms with Crippen LogP contribution in [0.25, 0.3) is 0 Å². The fourth-order valence-electron chi connectivity index (χ4n) is 1.80. The number of morpholine rings is 1. The molecule has 3 heteroatoms. The van der Waals surface area contributed by atoms with Gasteiger partial charge in [-0.05, 0) is 30.7 Å². The molecule has 14 heavy (non-hydrogen) atoms. The summed E-state index contributed by atoms with van der Waals surface area (Å²) in [6.45, 7) is 5.47. The van der Waals surface area contributed by atoms with E-state index >= 15 is 0 Å². The Morgan fingerprint density at radius 2 is 2.00 bits per heavy atom. The van der Waals surface area contributed by atoms with Gasteiger partial charge in [-0.15, -0.1) is 0 Å². The molecule has 1 aromatic carbocycles. The lowest BCUT2D eigenvalue weighted by Crippen LogP contribution is -2.36.